The summed E-state index contributed by atoms with van der Waals surface area (Å²) in [6, 6.07) is 7.44. The largest absolute Gasteiger partial charge is 0.497 e. The van der Waals surface area contributed by atoms with Crippen molar-refractivity contribution in [1.82, 2.24) is 4.90 Å². The minimum absolute atomic E-state index is 0.248. The number of carbonyl (C=O) groups is 1. The summed E-state index contributed by atoms with van der Waals surface area (Å²) in [5.74, 6) is 0.219. The Morgan fingerprint density at radius 3 is 2.76 bits per heavy atom. The molecular formula is C17H23NO3. The Kier molecular flexibility index (Phi) is 4.15. The van der Waals surface area contributed by atoms with E-state index in [4.69, 9.17) is 9.84 Å². The molecule has 0 radical (unpaired) electrons. The minimum atomic E-state index is -0.696. The molecule has 1 saturated carbocycles. The number of benzene rings is 1. The van der Waals surface area contributed by atoms with E-state index in [1.165, 1.54) is 24.0 Å². The van der Waals surface area contributed by atoms with E-state index in [1.54, 1.807) is 7.11 Å². The summed E-state index contributed by atoms with van der Waals surface area (Å²) in [5, 5.41) is 8.95. The first-order valence-corrected chi connectivity index (χ1v) is 7.80. The number of nitrogens with zero attached hydrogens (tertiary/aromatic N) is 1. The molecular weight excluding hydrogens is 266 g/mol. The number of carboxylic acid groups (broad SMARTS) is 1. The van der Waals surface area contributed by atoms with Crippen molar-refractivity contribution < 1.29 is 14.6 Å². The van der Waals surface area contributed by atoms with Gasteiger partial charge in [-0.3, -0.25) is 9.69 Å². The molecule has 0 spiro atoms. The zero-order valence-electron chi connectivity index (χ0n) is 12.5. The van der Waals surface area contributed by atoms with Crippen LogP contribution in [0.3, 0.4) is 0 Å². The molecule has 1 fully saturated rings. The van der Waals surface area contributed by atoms with Crippen molar-refractivity contribution in [3.8, 4) is 5.75 Å². The Hall–Kier alpha value is -1.55. The van der Waals surface area contributed by atoms with Gasteiger partial charge in [-0.05, 0) is 55.4 Å². The quantitative estimate of drug-likeness (QED) is 0.874. The Balaban J connectivity index is 1.72. The predicted molar refractivity (Wildman–Crippen MR) is 80.8 cm³/mol. The molecule has 0 aromatic heterocycles. The predicted octanol–water partition coefficient (Wildman–Crippen LogP) is 2.49. The molecule has 3 rings (SSSR count). The van der Waals surface area contributed by atoms with Crippen LogP contribution in [-0.4, -0.2) is 41.7 Å². The highest BCUT2D eigenvalue weighted by Gasteiger charge is 2.35. The Labute approximate surface area is 125 Å². The zero-order chi connectivity index (χ0) is 14.8. The molecule has 1 atom stereocenters. The van der Waals surface area contributed by atoms with E-state index in [9.17, 15) is 4.79 Å². The number of ether oxygens (including phenoxy) is 1. The first kappa shape index (κ1) is 14.4. The molecule has 2 aliphatic rings. The lowest BCUT2D eigenvalue weighted by Crippen LogP contribution is -2.42. The highest BCUT2D eigenvalue weighted by atomic mass is 16.5. The van der Waals surface area contributed by atoms with Gasteiger partial charge in [0.2, 0.25) is 0 Å². The maximum Gasteiger partial charge on any atom is 0.304 e. The van der Waals surface area contributed by atoms with Gasteiger partial charge >= 0.3 is 5.97 Å². The van der Waals surface area contributed by atoms with Crippen molar-refractivity contribution in [2.24, 2.45) is 0 Å². The van der Waals surface area contributed by atoms with Crippen LogP contribution in [-0.2, 0) is 17.6 Å². The summed E-state index contributed by atoms with van der Waals surface area (Å²) in [7, 11) is 1.70. The normalized spacial score (nSPS) is 21.1. The molecule has 0 heterocycles. The fourth-order valence-corrected chi connectivity index (χ4v) is 3.42. The van der Waals surface area contributed by atoms with Crippen LogP contribution in [0.2, 0.25) is 0 Å². The molecule has 4 nitrogen and oxygen atoms in total. The lowest BCUT2D eigenvalue weighted by Gasteiger charge is -2.35. The zero-order valence-corrected chi connectivity index (χ0v) is 12.5. The van der Waals surface area contributed by atoms with Crippen LogP contribution in [0.5, 0.6) is 5.75 Å². The van der Waals surface area contributed by atoms with Crippen LogP contribution in [0.4, 0.5) is 0 Å². The van der Waals surface area contributed by atoms with Gasteiger partial charge in [0.1, 0.15) is 5.75 Å². The van der Waals surface area contributed by atoms with Crippen LogP contribution in [0, 0.1) is 0 Å². The van der Waals surface area contributed by atoms with Crippen molar-refractivity contribution in [1.29, 1.82) is 0 Å². The van der Waals surface area contributed by atoms with Crippen LogP contribution in [0.15, 0.2) is 18.2 Å². The highest BCUT2D eigenvalue weighted by molar-refractivity contribution is 5.66. The fourth-order valence-electron chi connectivity index (χ4n) is 3.42. The number of hydrogen-bond acceptors (Lipinski definition) is 3. The molecule has 4 heteroatoms. The van der Waals surface area contributed by atoms with Gasteiger partial charge in [0.15, 0.2) is 0 Å². The first-order chi connectivity index (χ1) is 10.2. The van der Waals surface area contributed by atoms with E-state index in [-0.39, 0.29) is 6.42 Å². The van der Waals surface area contributed by atoms with Crippen LogP contribution in [0.25, 0.3) is 0 Å². The van der Waals surface area contributed by atoms with Crippen molar-refractivity contribution >= 4 is 5.97 Å². The van der Waals surface area contributed by atoms with Crippen LogP contribution in [0.1, 0.15) is 36.8 Å². The van der Waals surface area contributed by atoms with Crippen molar-refractivity contribution in [3.63, 3.8) is 0 Å². The van der Waals surface area contributed by atoms with Gasteiger partial charge in [-0.2, -0.15) is 0 Å². The molecule has 0 bridgehead atoms. The molecule has 0 aliphatic heterocycles. The third-order valence-corrected chi connectivity index (χ3v) is 4.68. The first-order valence-electron chi connectivity index (χ1n) is 7.80. The smallest absolute Gasteiger partial charge is 0.304 e. The highest BCUT2D eigenvalue weighted by Crippen LogP contribution is 2.34. The van der Waals surface area contributed by atoms with E-state index in [2.05, 4.69) is 17.0 Å². The molecule has 21 heavy (non-hydrogen) atoms. The van der Waals surface area contributed by atoms with E-state index in [0.717, 1.165) is 25.0 Å². The van der Waals surface area contributed by atoms with Crippen LogP contribution >= 0.6 is 0 Å². The number of aliphatic carboxylic acids is 1. The maximum atomic E-state index is 10.9. The van der Waals surface area contributed by atoms with E-state index < -0.39 is 5.97 Å². The van der Waals surface area contributed by atoms with Crippen LogP contribution < -0.4 is 4.74 Å². The molecule has 0 amide bonds. The average molecular weight is 289 g/mol. The monoisotopic (exact) mass is 289 g/mol. The third kappa shape index (κ3) is 3.38. The van der Waals surface area contributed by atoms with Gasteiger partial charge in [-0.1, -0.05) is 6.07 Å². The molecule has 1 N–H and O–H groups in total. The number of hydrogen-bond donors (Lipinski definition) is 1. The fraction of sp³-hybridized carbons (Fsp3) is 0.588. The topological polar surface area (TPSA) is 49.8 Å². The van der Waals surface area contributed by atoms with E-state index in [0.29, 0.717) is 18.6 Å². The molecule has 0 saturated heterocycles. The second-order valence-corrected chi connectivity index (χ2v) is 6.14. The van der Waals surface area contributed by atoms with Gasteiger partial charge in [0.25, 0.3) is 0 Å². The molecule has 114 valence electrons. The summed E-state index contributed by atoms with van der Waals surface area (Å²) >= 11 is 0. The summed E-state index contributed by atoms with van der Waals surface area (Å²) < 4.78 is 5.32. The third-order valence-electron chi connectivity index (χ3n) is 4.68. The lowest BCUT2D eigenvalue weighted by molar-refractivity contribution is -0.137. The van der Waals surface area contributed by atoms with Gasteiger partial charge in [0, 0.05) is 18.6 Å². The molecule has 2 aliphatic carbocycles. The Bertz CT molecular complexity index is 525. The second kappa shape index (κ2) is 6.06. The number of fused-ring (bicyclic) bond motifs is 1. The standard InChI is InChI=1S/C17H23NO3/c1-21-16-7-3-12-2-4-15(10-13(12)11-16)18(14-5-6-14)9-8-17(19)20/h3,7,11,14-15H,2,4-6,8-10H2,1H3,(H,19,20). The lowest BCUT2D eigenvalue weighted by atomic mass is 9.87. The average Bonchev–Trinajstić information content (AvgIpc) is 3.31. The minimum Gasteiger partial charge on any atom is -0.497 e. The van der Waals surface area contributed by atoms with Crippen molar-refractivity contribution in [2.75, 3.05) is 13.7 Å². The van der Waals surface area contributed by atoms with Gasteiger partial charge in [-0.25, -0.2) is 0 Å². The summed E-state index contributed by atoms with van der Waals surface area (Å²) in [6.07, 6.45) is 5.93. The Morgan fingerprint density at radius 1 is 1.29 bits per heavy atom. The molecule has 1 aromatic carbocycles. The summed E-state index contributed by atoms with van der Waals surface area (Å²) in [6.45, 7) is 0.684. The molecule has 1 unspecified atom stereocenters. The maximum absolute atomic E-state index is 10.9. The number of rotatable bonds is 6. The summed E-state index contributed by atoms with van der Waals surface area (Å²) in [4.78, 5) is 13.3. The van der Waals surface area contributed by atoms with Gasteiger partial charge in [-0.15, -0.1) is 0 Å². The van der Waals surface area contributed by atoms with E-state index >= 15 is 0 Å². The number of carboxylic acids is 1. The number of aryl methyl sites for hydroxylation is 1. The number of methoxy groups -OCH3 is 1. The Morgan fingerprint density at radius 2 is 2.10 bits per heavy atom. The van der Waals surface area contributed by atoms with E-state index in [1.807, 2.05) is 6.07 Å². The second-order valence-electron chi connectivity index (χ2n) is 6.14. The SMILES string of the molecule is COc1ccc2c(c1)CC(N(CCC(=O)O)C1CC1)CC2. The molecule has 1 aromatic rings. The van der Waals surface area contributed by atoms with Gasteiger partial charge in [0.05, 0.1) is 13.5 Å². The van der Waals surface area contributed by atoms with Gasteiger partial charge < -0.3 is 9.84 Å². The van der Waals surface area contributed by atoms with Crippen molar-refractivity contribution in [2.45, 2.75) is 50.6 Å². The van der Waals surface area contributed by atoms with Crippen molar-refractivity contribution in [3.05, 3.63) is 29.3 Å². The summed E-state index contributed by atoms with van der Waals surface area (Å²) in [5.41, 5.74) is 2.78.